The molecular formula is C16H21N3O. The summed E-state index contributed by atoms with van der Waals surface area (Å²) in [5.41, 5.74) is 10.4. The van der Waals surface area contributed by atoms with Crippen LogP contribution in [0.3, 0.4) is 0 Å². The van der Waals surface area contributed by atoms with E-state index in [1.807, 2.05) is 33.0 Å². The van der Waals surface area contributed by atoms with Crippen LogP contribution in [0.4, 0.5) is 5.82 Å². The molecule has 3 N–H and O–H groups in total. The van der Waals surface area contributed by atoms with Crippen LogP contribution in [0.2, 0.25) is 0 Å². The first kappa shape index (κ1) is 14.3. The van der Waals surface area contributed by atoms with Crippen LogP contribution in [0.5, 0.6) is 5.75 Å². The maximum atomic E-state index is 6.06. The molecule has 2 aromatic rings. The SMILES string of the molecule is CNC(c1ccc(C)cc1OC)c1c(C)ccnc1N. The van der Waals surface area contributed by atoms with Crippen LogP contribution >= 0.6 is 0 Å². The summed E-state index contributed by atoms with van der Waals surface area (Å²) in [4.78, 5) is 4.20. The quantitative estimate of drug-likeness (QED) is 0.897. The first-order valence-electron chi connectivity index (χ1n) is 6.61. The molecule has 1 unspecified atom stereocenters. The van der Waals surface area contributed by atoms with E-state index >= 15 is 0 Å². The van der Waals surface area contributed by atoms with Gasteiger partial charge in [-0.25, -0.2) is 4.98 Å². The minimum Gasteiger partial charge on any atom is -0.496 e. The molecule has 0 bridgehead atoms. The van der Waals surface area contributed by atoms with E-state index in [2.05, 4.69) is 22.4 Å². The number of anilines is 1. The van der Waals surface area contributed by atoms with Crippen molar-refractivity contribution in [2.45, 2.75) is 19.9 Å². The average Bonchev–Trinajstić information content (AvgIpc) is 2.43. The van der Waals surface area contributed by atoms with Gasteiger partial charge in [0.1, 0.15) is 11.6 Å². The van der Waals surface area contributed by atoms with Crippen LogP contribution in [-0.2, 0) is 0 Å². The van der Waals surface area contributed by atoms with Gasteiger partial charge in [-0.15, -0.1) is 0 Å². The molecule has 20 heavy (non-hydrogen) atoms. The summed E-state index contributed by atoms with van der Waals surface area (Å²) in [5.74, 6) is 1.40. The number of aryl methyl sites for hydroxylation is 2. The van der Waals surface area contributed by atoms with Gasteiger partial charge in [-0.1, -0.05) is 12.1 Å². The normalized spacial score (nSPS) is 12.2. The van der Waals surface area contributed by atoms with Gasteiger partial charge in [0.2, 0.25) is 0 Å². The van der Waals surface area contributed by atoms with Gasteiger partial charge >= 0.3 is 0 Å². The van der Waals surface area contributed by atoms with E-state index in [-0.39, 0.29) is 6.04 Å². The molecule has 0 aliphatic rings. The van der Waals surface area contributed by atoms with E-state index in [0.717, 1.165) is 28.0 Å². The molecule has 1 atom stereocenters. The van der Waals surface area contributed by atoms with Crippen molar-refractivity contribution >= 4 is 5.82 Å². The Balaban J connectivity index is 2.58. The number of nitrogens with two attached hydrogens (primary N) is 1. The van der Waals surface area contributed by atoms with Crippen LogP contribution < -0.4 is 15.8 Å². The van der Waals surface area contributed by atoms with Crippen LogP contribution in [0.25, 0.3) is 0 Å². The van der Waals surface area contributed by atoms with Crippen LogP contribution in [0.1, 0.15) is 28.3 Å². The Labute approximate surface area is 120 Å². The molecule has 0 saturated heterocycles. The number of methoxy groups -OCH3 is 1. The summed E-state index contributed by atoms with van der Waals surface area (Å²) in [6.45, 7) is 4.09. The number of hydrogen-bond acceptors (Lipinski definition) is 4. The number of rotatable bonds is 4. The second kappa shape index (κ2) is 5.92. The average molecular weight is 271 g/mol. The number of ether oxygens (including phenoxy) is 1. The van der Waals surface area contributed by atoms with Crippen molar-refractivity contribution in [2.75, 3.05) is 19.9 Å². The van der Waals surface area contributed by atoms with E-state index in [4.69, 9.17) is 10.5 Å². The lowest BCUT2D eigenvalue weighted by molar-refractivity contribution is 0.405. The Morgan fingerprint density at radius 1 is 1.25 bits per heavy atom. The zero-order chi connectivity index (χ0) is 14.7. The molecule has 0 saturated carbocycles. The zero-order valence-corrected chi connectivity index (χ0v) is 12.4. The highest BCUT2D eigenvalue weighted by Gasteiger charge is 2.21. The standard InChI is InChI=1S/C16H21N3O/c1-10-5-6-12(13(9-10)20-4)15(18-3)14-11(2)7-8-19-16(14)17/h5-9,15,18H,1-4H3,(H2,17,19). The maximum absolute atomic E-state index is 6.06. The molecule has 0 amide bonds. The Morgan fingerprint density at radius 3 is 2.60 bits per heavy atom. The molecule has 0 fully saturated rings. The first-order chi connectivity index (χ1) is 9.58. The lowest BCUT2D eigenvalue weighted by Crippen LogP contribution is -2.21. The van der Waals surface area contributed by atoms with Gasteiger partial charge in [-0.3, -0.25) is 0 Å². The molecule has 0 aliphatic carbocycles. The topological polar surface area (TPSA) is 60.2 Å². The fourth-order valence-electron chi connectivity index (χ4n) is 2.48. The van der Waals surface area contributed by atoms with Crippen LogP contribution in [0, 0.1) is 13.8 Å². The largest absolute Gasteiger partial charge is 0.496 e. The minimum absolute atomic E-state index is 0.0424. The van der Waals surface area contributed by atoms with Gasteiger partial charge in [0.25, 0.3) is 0 Å². The predicted molar refractivity (Wildman–Crippen MR) is 82.0 cm³/mol. The molecule has 0 aliphatic heterocycles. The van der Waals surface area contributed by atoms with Crippen molar-refractivity contribution in [1.82, 2.24) is 10.3 Å². The molecule has 1 aromatic carbocycles. The molecule has 4 heteroatoms. The highest BCUT2D eigenvalue weighted by Crippen LogP contribution is 2.34. The Hall–Kier alpha value is -2.07. The van der Waals surface area contributed by atoms with Crippen molar-refractivity contribution in [2.24, 2.45) is 0 Å². The summed E-state index contributed by atoms with van der Waals surface area (Å²) in [7, 11) is 3.60. The van der Waals surface area contributed by atoms with Crippen molar-refractivity contribution in [1.29, 1.82) is 0 Å². The van der Waals surface area contributed by atoms with Crippen molar-refractivity contribution < 1.29 is 4.74 Å². The predicted octanol–water partition coefficient (Wildman–Crippen LogP) is 2.60. The Bertz CT molecular complexity index is 590. The highest BCUT2D eigenvalue weighted by atomic mass is 16.5. The Kier molecular flexibility index (Phi) is 4.25. The molecule has 2 rings (SSSR count). The third-order valence-corrected chi connectivity index (χ3v) is 3.52. The number of nitrogens with zero attached hydrogens (tertiary/aromatic N) is 1. The molecule has 0 radical (unpaired) electrons. The second-order valence-electron chi connectivity index (χ2n) is 4.89. The third kappa shape index (κ3) is 2.60. The fourth-order valence-corrected chi connectivity index (χ4v) is 2.48. The zero-order valence-electron chi connectivity index (χ0n) is 12.4. The molecule has 1 aromatic heterocycles. The van der Waals surface area contributed by atoms with E-state index < -0.39 is 0 Å². The molecule has 1 heterocycles. The lowest BCUT2D eigenvalue weighted by atomic mass is 9.94. The highest BCUT2D eigenvalue weighted by molar-refractivity contribution is 5.53. The van der Waals surface area contributed by atoms with E-state index in [1.54, 1.807) is 13.3 Å². The molecule has 106 valence electrons. The summed E-state index contributed by atoms with van der Waals surface area (Å²) in [6.07, 6.45) is 1.73. The van der Waals surface area contributed by atoms with Crippen LogP contribution in [0.15, 0.2) is 30.5 Å². The number of pyridine rings is 1. The minimum atomic E-state index is -0.0424. The van der Waals surface area contributed by atoms with Crippen molar-refractivity contribution in [3.8, 4) is 5.75 Å². The molecule has 0 spiro atoms. The number of nitrogens with one attached hydrogen (secondary N) is 1. The monoisotopic (exact) mass is 271 g/mol. The van der Waals surface area contributed by atoms with Gasteiger partial charge in [-0.2, -0.15) is 0 Å². The van der Waals surface area contributed by atoms with E-state index in [9.17, 15) is 0 Å². The smallest absolute Gasteiger partial charge is 0.128 e. The first-order valence-corrected chi connectivity index (χ1v) is 6.61. The van der Waals surface area contributed by atoms with Gasteiger partial charge in [0.15, 0.2) is 0 Å². The van der Waals surface area contributed by atoms with E-state index in [1.165, 1.54) is 0 Å². The Morgan fingerprint density at radius 2 is 2.00 bits per heavy atom. The van der Waals surface area contributed by atoms with Crippen LogP contribution in [-0.4, -0.2) is 19.1 Å². The second-order valence-corrected chi connectivity index (χ2v) is 4.89. The summed E-state index contributed by atoms with van der Waals surface area (Å²) >= 11 is 0. The maximum Gasteiger partial charge on any atom is 0.128 e. The van der Waals surface area contributed by atoms with E-state index in [0.29, 0.717) is 5.82 Å². The van der Waals surface area contributed by atoms with Gasteiger partial charge in [0.05, 0.1) is 13.2 Å². The lowest BCUT2D eigenvalue weighted by Gasteiger charge is -2.22. The van der Waals surface area contributed by atoms with Gasteiger partial charge in [0, 0.05) is 17.3 Å². The van der Waals surface area contributed by atoms with Gasteiger partial charge in [-0.05, 0) is 44.2 Å². The number of benzene rings is 1. The summed E-state index contributed by atoms with van der Waals surface area (Å²) in [6, 6.07) is 8.10. The number of hydrogen-bond donors (Lipinski definition) is 2. The number of aromatic nitrogens is 1. The molecule has 4 nitrogen and oxygen atoms in total. The van der Waals surface area contributed by atoms with Crippen molar-refractivity contribution in [3.63, 3.8) is 0 Å². The third-order valence-electron chi connectivity index (χ3n) is 3.52. The summed E-state index contributed by atoms with van der Waals surface area (Å²) < 4.78 is 5.51. The number of nitrogen functional groups attached to an aromatic ring is 1. The summed E-state index contributed by atoms with van der Waals surface area (Å²) in [5, 5.41) is 3.31. The van der Waals surface area contributed by atoms with Gasteiger partial charge < -0.3 is 15.8 Å². The fraction of sp³-hybridized carbons (Fsp3) is 0.312. The molecular weight excluding hydrogens is 250 g/mol. The van der Waals surface area contributed by atoms with Crippen molar-refractivity contribution in [3.05, 3.63) is 52.7 Å².